The van der Waals surface area contributed by atoms with E-state index in [0.29, 0.717) is 24.4 Å². The molecule has 2 rings (SSSR count). The van der Waals surface area contributed by atoms with Crippen LogP contribution in [-0.4, -0.2) is 31.6 Å². The van der Waals surface area contributed by atoms with Crippen molar-refractivity contribution in [3.8, 4) is 0 Å². The maximum Gasteiger partial charge on any atom is 0.305 e. The molecule has 1 aromatic carbocycles. The quantitative estimate of drug-likeness (QED) is 0.676. The number of methoxy groups -OCH3 is 1. The van der Waals surface area contributed by atoms with E-state index in [-0.39, 0.29) is 30.3 Å². The molecular weight excluding hydrogens is 352 g/mol. The van der Waals surface area contributed by atoms with Crippen molar-refractivity contribution in [3.05, 3.63) is 35.4 Å². The summed E-state index contributed by atoms with van der Waals surface area (Å²) in [6.07, 6.45) is 7.36. The fraction of sp³-hybridized carbons (Fsp3) is 0.600. The molecule has 0 radical (unpaired) electrons. The highest BCUT2D eigenvalue weighted by Crippen LogP contribution is 2.28. The Bertz CT molecular complexity index is 555. The van der Waals surface area contributed by atoms with Gasteiger partial charge in [-0.25, -0.2) is 0 Å². The Kier molecular flexibility index (Phi) is 10.3. The number of esters is 1. The van der Waals surface area contributed by atoms with E-state index in [2.05, 4.69) is 5.32 Å². The Morgan fingerprint density at radius 1 is 1.15 bits per heavy atom. The first-order valence-corrected chi connectivity index (χ1v) is 9.29. The van der Waals surface area contributed by atoms with Gasteiger partial charge in [0.05, 0.1) is 7.11 Å². The number of benzene rings is 1. The van der Waals surface area contributed by atoms with Crippen LogP contribution in [-0.2, 0) is 16.0 Å². The number of aryl methyl sites for hydroxylation is 1. The highest BCUT2D eigenvalue weighted by atomic mass is 35.5. The fourth-order valence-corrected chi connectivity index (χ4v) is 3.42. The van der Waals surface area contributed by atoms with E-state index in [1.807, 2.05) is 24.3 Å². The first-order valence-electron chi connectivity index (χ1n) is 9.29. The zero-order chi connectivity index (χ0) is 18.1. The monoisotopic (exact) mass is 382 g/mol. The second-order valence-electron chi connectivity index (χ2n) is 6.90. The van der Waals surface area contributed by atoms with Crippen molar-refractivity contribution in [2.24, 2.45) is 11.7 Å². The van der Waals surface area contributed by atoms with Crippen molar-refractivity contribution in [2.75, 3.05) is 13.7 Å². The summed E-state index contributed by atoms with van der Waals surface area (Å²) in [6, 6.07) is 8.04. The van der Waals surface area contributed by atoms with Crippen LogP contribution in [0.4, 0.5) is 0 Å². The van der Waals surface area contributed by atoms with Crippen LogP contribution in [0.25, 0.3) is 0 Å². The van der Waals surface area contributed by atoms with Crippen molar-refractivity contribution >= 4 is 24.3 Å². The lowest BCUT2D eigenvalue weighted by atomic mass is 9.83. The average Bonchev–Trinajstić information content (AvgIpc) is 2.65. The molecule has 0 bridgehead atoms. The minimum Gasteiger partial charge on any atom is -0.469 e. The molecule has 0 heterocycles. The smallest absolute Gasteiger partial charge is 0.305 e. The highest BCUT2D eigenvalue weighted by molar-refractivity contribution is 5.94. The number of ether oxygens (including phenoxy) is 1. The third-order valence-electron chi connectivity index (χ3n) is 5.05. The Morgan fingerprint density at radius 2 is 1.81 bits per heavy atom. The molecule has 1 aromatic rings. The van der Waals surface area contributed by atoms with Crippen LogP contribution in [0.5, 0.6) is 0 Å². The number of nitrogens with two attached hydrogens (primary N) is 1. The molecule has 5 nitrogen and oxygen atoms in total. The van der Waals surface area contributed by atoms with Gasteiger partial charge in [-0.2, -0.15) is 0 Å². The van der Waals surface area contributed by atoms with Crippen molar-refractivity contribution in [2.45, 2.75) is 57.4 Å². The Balaban J connectivity index is 0.00000338. The number of carbonyl (C=O) groups is 2. The molecule has 3 N–H and O–H groups in total. The zero-order valence-electron chi connectivity index (χ0n) is 15.5. The van der Waals surface area contributed by atoms with E-state index < -0.39 is 0 Å². The van der Waals surface area contributed by atoms with Crippen LogP contribution in [0.2, 0.25) is 0 Å². The first kappa shape index (κ1) is 22.5. The SMILES string of the molecule is COC(=O)CC[C@H]1CC[C@H](NC(=O)c2ccc(CCCN)cc2)CC1.Cl. The molecule has 146 valence electrons. The lowest BCUT2D eigenvalue weighted by Gasteiger charge is -2.29. The summed E-state index contributed by atoms with van der Waals surface area (Å²) in [7, 11) is 1.43. The largest absolute Gasteiger partial charge is 0.469 e. The molecule has 1 saturated carbocycles. The summed E-state index contributed by atoms with van der Waals surface area (Å²) in [5.74, 6) is 0.433. The second-order valence-corrected chi connectivity index (χ2v) is 6.90. The van der Waals surface area contributed by atoms with Gasteiger partial charge >= 0.3 is 5.97 Å². The summed E-state index contributed by atoms with van der Waals surface area (Å²) >= 11 is 0. The molecule has 1 amide bonds. The van der Waals surface area contributed by atoms with Crippen molar-refractivity contribution in [3.63, 3.8) is 0 Å². The molecule has 0 aliphatic heterocycles. The van der Waals surface area contributed by atoms with Gasteiger partial charge < -0.3 is 15.8 Å². The molecule has 6 heteroatoms. The summed E-state index contributed by atoms with van der Waals surface area (Å²) in [5, 5.41) is 3.14. The van der Waals surface area contributed by atoms with Gasteiger partial charge in [0.1, 0.15) is 0 Å². The van der Waals surface area contributed by atoms with Crippen LogP contribution in [0.15, 0.2) is 24.3 Å². The van der Waals surface area contributed by atoms with Crippen molar-refractivity contribution in [1.29, 1.82) is 0 Å². The van der Waals surface area contributed by atoms with Crippen LogP contribution in [0, 0.1) is 5.92 Å². The second kappa shape index (κ2) is 11.9. The molecule has 1 aliphatic carbocycles. The fourth-order valence-electron chi connectivity index (χ4n) is 3.42. The maximum atomic E-state index is 12.4. The summed E-state index contributed by atoms with van der Waals surface area (Å²) < 4.78 is 4.69. The summed E-state index contributed by atoms with van der Waals surface area (Å²) in [4.78, 5) is 23.6. The standard InChI is InChI=1S/C20H30N2O3.ClH/c1-25-19(23)13-8-16-6-11-18(12-7-16)22-20(24)17-9-4-15(5-10-17)3-2-14-21;/h4-5,9-10,16,18H,2-3,6-8,11-14,21H2,1H3,(H,22,24);1H/t16-,18-;. The van der Waals surface area contributed by atoms with Crippen LogP contribution >= 0.6 is 12.4 Å². The predicted octanol–water partition coefficient (Wildman–Crippen LogP) is 3.24. The molecular formula is C20H31ClN2O3. The van der Waals surface area contributed by atoms with Crippen LogP contribution in [0.3, 0.4) is 0 Å². The number of halogens is 1. The minimum atomic E-state index is -0.134. The molecule has 0 atom stereocenters. The number of hydrogen-bond donors (Lipinski definition) is 2. The number of amides is 1. The van der Waals surface area contributed by atoms with E-state index >= 15 is 0 Å². The first-order chi connectivity index (χ1) is 12.1. The van der Waals surface area contributed by atoms with Gasteiger partial charge in [-0.1, -0.05) is 12.1 Å². The molecule has 1 aliphatic rings. The number of carbonyl (C=O) groups excluding carboxylic acids is 2. The lowest BCUT2D eigenvalue weighted by molar-refractivity contribution is -0.141. The maximum absolute atomic E-state index is 12.4. The molecule has 0 saturated heterocycles. The van der Waals surface area contributed by atoms with E-state index in [1.165, 1.54) is 12.7 Å². The van der Waals surface area contributed by atoms with Gasteiger partial charge in [0, 0.05) is 18.0 Å². The lowest BCUT2D eigenvalue weighted by Crippen LogP contribution is -2.37. The average molecular weight is 383 g/mol. The van der Waals surface area contributed by atoms with E-state index in [0.717, 1.165) is 44.9 Å². The number of rotatable bonds is 8. The number of hydrogen-bond acceptors (Lipinski definition) is 4. The summed E-state index contributed by atoms with van der Waals surface area (Å²) in [6.45, 7) is 0.685. The predicted molar refractivity (Wildman–Crippen MR) is 106 cm³/mol. The van der Waals surface area contributed by atoms with Gasteiger partial charge in [-0.05, 0) is 75.1 Å². The van der Waals surface area contributed by atoms with E-state index in [1.54, 1.807) is 0 Å². The van der Waals surface area contributed by atoms with Gasteiger partial charge in [0.25, 0.3) is 5.91 Å². The van der Waals surface area contributed by atoms with E-state index in [4.69, 9.17) is 10.5 Å². The zero-order valence-corrected chi connectivity index (χ0v) is 16.4. The molecule has 0 spiro atoms. The van der Waals surface area contributed by atoms with Gasteiger partial charge in [-0.3, -0.25) is 9.59 Å². The van der Waals surface area contributed by atoms with Gasteiger partial charge in [-0.15, -0.1) is 12.4 Å². The van der Waals surface area contributed by atoms with Crippen LogP contribution in [0.1, 0.15) is 60.9 Å². The topological polar surface area (TPSA) is 81.4 Å². The van der Waals surface area contributed by atoms with E-state index in [9.17, 15) is 9.59 Å². The van der Waals surface area contributed by atoms with Gasteiger partial charge in [0.2, 0.25) is 0 Å². The Morgan fingerprint density at radius 3 is 2.38 bits per heavy atom. The summed E-state index contributed by atoms with van der Waals surface area (Å²) in [5.41, 5.74) is 7.45. The third kappa shape index (κ3) is 7.34. The molecule has 1 fully saturated rings. The molecule has 0 aromatic heterocycles. The number of nitrogens with one attached hydrogen (secondary N) is 1. The minimum absolute atomic E-state index is 0. The van der Waals surface area contributed by atoms with Crippen molar-refractivity contribution in [1.82, 2.24) is 5.32 Å². The van der Waals surface area contributed by atoms with Crippen molar-refractivity contribution < 1.29 is 14.3 Å². The Labute approximate surface area is 162 Å². The van der Waals surface area contributed by atoms with Crippen LogP contribution < -0.4 is 11.1 Å². The normalized spacial score (nSPS) is 19.3. The third-order valence-corrected chi connectivity index (χ3v) is 5.05. The molecule has 0 unspecified atom stereocenters. The highest BCUT2D eigenvalue weighted by Gasteiger charge is 2.23. The molecule has 26 heavy (non-hydrogen) atoms. The van der Waals surface area contributed by atoms with Gasteiger partial charge in [0.15, 0.2) is 0 Å². The Hall–Kier alpha value is -1.59.